The summed E-state index contributed by atoms with van der Waals surface area (Å²) in [4.78, 5) is 0. The van der Waals surface area contributed by atoms with Gasteiger partial charge in [0, 0.05) is 24.3 Å². The number of nitrogens with one attached hydrogen (secondary N) is 1. The van der Waals surface area contributed by atoms with Crippen LogP contribution in [-0.4, -0.2) is 16.3 Å². The predicted molar refractivity (Wildman–Crippen MR) is 75.4 cm³/mol. The molecule has 2 rings (SSSR count). The van der Waals surface area contributed by atoms with E-state index in [9.17, 15) is 4.39 Å². The first-order chi connectivity index (χ1) is 9.15. The number of rotatable bonds is 5. The zero-order valence-corrected chi connectivity index (χ0v) is 11.7. The van der Waals surface area contributed by atoms with Gasteiger partial charge in [-0.15, -0.1) is 0 Å². The molecular formula is C15H20FN3. The van der Waals surface area contributed by atoms with Crippen LogP contribution in [0, 0.1) is 5.82 Å². The molecule has 0 amide bonds. The number of aryl methyl sites for hydroxylation is 1. The van der Waals surface area contributed by atoms with E-state index in [-0.39, 0.29) is 11.9 Å². The second-order valence-electron chi connectivity index (χ2n) is 4.60. The van der Waals surface area contributed by atoms with E-state index in [4.69, 9.17) is 0 Å². The summed E-state index contributed by atoms with van der Waals surface area (Å²) in [7, 11) is 0. The van der Waals surface area contributed by atoms with Gasteiger partial charge in [0.1, 0.15) is 5.82 Å². The lowest BCUT2D eigenvalue weighted by Crippen LogP contribution is -2.18. The van der Waals surface area contributed by atoms with E-state index >= 15 is 0 Å². The first kappa shape index (κ1) is 13.7. The van der Waals surface area contributed by atoms with Crippen molar-refractivity contribution < 1.29 is 4.39 Å². The number of benzene rings is 1. The third-order valence-electron chi connectivity index (χ3n) is 3.26. The molecule has 1 N–H and O–H groups in total. The molecule has 102 valence electrons. The lowest BCUT2D eigenvalue weighted by molar-refractivity contribution is 0.593. The SMILES string of the molecule is CCNC(C)c1ccc(F)cc1-c1cnn(CC)c1. The molecule has 0 saturated heterocycles. The van der Waals surface area contributed by atoms with Crippen molar-refractivity contribution in [1.82, 2.24) is 15.1 Å². The summed E-state index contributed by atoms with van der Waals surface area (Å²) in [6.45, 7) is 7.88. The Morgan fingerprint density at radius 3 is 2.79 bits per heavy atom. The summed E-state index contributed by atoms with van der Waals surface area (Å²) in [5.41, 5.74) is 2.97. The van der Waals surface area contributed by atoms with Crippen LogP contribution in [0.5, 0.6) is 0 Å². The highest BCUT2D eigenvalue weighted by Crippen LogP contribution is 2.28. The molecule has 4 heteroatoms. The first-order valence-electron chi connectivity index (χ1n) is 6.71. The molecular weight excluding hydrogens is 241 g/mol. The highest BCUT2D eigenvalue weighted by atomic mass is 19.1. The average Bonchev–Trinajstić information content (AvgIpc) is 2.87. The number of nitrogens with zero attached hydrogens (tertiary/aromatic N) is 2. The molecule has 3 nitrogen and oxygen atoms in total. The van der Waals surface area contributed by atoms with Gasteiger partial charge in [0.25, 0.3) is 0 Å². The Labute approximate surface area is 113 Å². The van der Waals surface area contributed by atoms with E-state index in [1.165, 1.54) is 6.07 Å². The van der Waals surface area contributed by atoms with Crippen molar-refractivity contribution >= 4 is 0 Å². The lowest BCUT2D eigenvalue weighted by atomic mass is 9.97. The molecule has 0 aliphatic carbocycles. The molecule has 0 saturated carbocycles. The fourth-order valence-corrected chi connectivity index (χ4v) is 2.25. The van der Waals surface area contributed by atoms with Crippen molar-refractivity contribution in [3.8, 4) is 11.1 Å². The van der Waals surface area contributed by atoms with Gasteiger partial charge >= 0.3 is 0 Å². The molecule has 0 spiro atoms. The third-order valence-corrected chi connectivity index (χ3v) is 3.26. The van der Waals surface area contributed by atoms with Gasteiger partial charge in [-0.2, -0.15) is 5.10 Å². The van der Waals surface area contributed by atoms with Crippen LogP contribution in [0.1, 0.15) is 32.4 Å². The van der Waals surface area contributed by atoms with E-state index in [0.717, 1.165) is 29.8 Å². The van der Waals surface area contributed by atoms with E-state index in [1.54, 1.807) is 12.3 Å². The van der Waals surface area contributed by atoms with Crippen molar-refractivity contribution in [2.75, 3.05) is 6.54 Å². The minimum atomic E-state index is -0.216. The Morgan fingerprint density at radius 2 is 2.16 bits per heavy atom. The van der Waals surface area contributed by atoms with Crippen molar-refractivity contribution in [2.24, 2.45) is 0 Å². The van der Waals surface area contributed by atoms with Gasteiger partial charge in [0.2, 0.25) is 0 Å². The van der Waals surface area contributed by atoms with Crippen LogP contribution in [0.3, 0.4) is 0 Å². The Kier molecular flexibility index (Phi) is 4.32. The first-order valence-corrected chi connectivity index (χ1v) is 6.71. The van der Waals surface area contributed by atoms with Crippen LogP contribution in [0.4, 0.5) is 4.39 Å². The van der Waals surface area contributed by atoms with Crippen LogP contribution in [-0.2, 0) is 6.54 Å². The maximum absolute atomic E-state index is 13.5. The molecule has 19 heavy (non-hydrogen) atoms. The fourth-order valence-electron chi connectivity index (χ4n) is 2.25. The normalized spacial score (nSPS) is 12.6. The minimum absolute atomic E-state index is 0.186. The van der Waals surface area contributed by atoms with Crippen molar-refractivity contribution in [1.29, 1.82) is 0 Å². The van der Waals surface area contributed by atoms with Gasteiger partial charge in [-0.3, -0.25) is 4.68 Å². The summed E-state index contributed by atoms with van der Waals surface area (Å²) >= 11 is 0. The number of hydrogen-bond acceptors (Lipinski definition) is 2. The average molecular weight is 261 g/mol. The molecule has 0 aliphatic heterocycles. The molecule has 1 atom stereocenters. The second-order valence-corrected chi connectivity index (χ2v) is 4.60. The molecule has 1 heterocycles. The second kappa shape index (κ2) is 5.97. The summed E-state index contributed by atoms with van der Waals surface area (Å²) in [5, 5.41) is 7.62. The van der Waals surface area contributed by atoms with Crippen molar-refractivity contribution in [2.45, 2.75) is 33.4 Å². The van der Waals surface area contributed by atoms with E-state index in [2.05, 4.69) is 24.3 Å². The Bertz CT molecular complexity index is 548. The van der Waals surface area contributed by atoms with Crippen LogP contribution >= 0.6 is 0 Å². The zero-order valence-electron chi connectivity index (χ0n) is 11.7. The lowest BCUT2D eigenvalue weighted by Gasteiger charge is -2.16. The smallest absolute Gasteiger partial charge is 0.123 e. The molecule has 0 fully saturated rings. The van der Waals surface area contributed by atoms with E-state index in [0.29, 0.717) is 0 Å². The zero-order chi connectivity index (χ0) is 13.8. The summed E-state index contributed by atoms with van der Waals surface area (Å²) in [6, 6.07) is 5.13. The highest BCUT2D eigenvalue weighted by molar-refractivity contribution is 5.66. The predicted octanol–water partition coefficient (Wildman–Crippen LogP) is 3.38. The standard InChI is InChI=1S/C15H20FN3/c1-4-17-11(3)14-7-6-13(16)8-15(14)12-9-18-19(5-2)10-12/h6-11,17H,4-5H2,1-3H3. The van der Waals surface area contributed by atoms with Crippen molar-refractivity contribution in [3.05, 3.63) is 42.0 Å². The maximum atomic E-state index is 13.5. The Morgan fingerprint density at radius 1 is 1.37 bits per heavy atom. The number of halogens is 1. The quantitative estimate of drug-likeness (QED) is 0.894. The third kappa shape index (κ3) is 3.01. The van der Waals surface area contributed by atoms with E-state index in [1.807, 2.05) is 23.9 Å². The topological polar surface area (TPSA) is 29.9 Å². The molecule has 0 bridgehead atoms. The summed E-state index contributed by atoms with van der Waals surface area (Å²) < 4.78 is 15.4. The van der Waals surface area contributed by atoms with Crippen LogP contribution in [0.25, 0.3) is 11.1 Å². The summed E-state index contributed by atoms with van der Waals surface area (Å²) in [6.07, 6.45) is 3.75. The Balaban J connectivity index is 2.44. The van der Waals surface area contributed by atoms with Gasteiger partial charge in [0.05, 0.1) is 6.20 Å². The van der Waals surface area contributed by atoms with Crippen LogP contribution in [0.15, 0.2) is 30.6 Å². The molecule has 0 aliphatic rings. The monoisotopic (exact) mass is 261 g/mol. The van der Waals surface area contributed by atoms with Gasteiger partial charge in [-0.1, -0.05) is 13.0 Å². The van der Waals surface area contributed by atoms with Gasteiger partial charge in [-0.05, 0) is 43.7 Å². The maximum Gasteiger partial charge on any atom is 0.123 e. The number of hydrogen-bond donors (Lipinski definition) is 1. The molecule has 2 aromatic rings. The number of aromatic nitrogens is 2. The molecule has 1 aromatic heterocycles. The van der Waals surface area contributed by atoms with Crippen LogP contribution in [0.2, 0.25) is 0 Å². The largest absolute Gasteiger partial charge is 0.310 e. The van der Waals surface area contributed by atoms with Crippen LogP contribution < -0.4 is 5.32 Å². The van der Waals surface area contributed by atoms with E-state index < -0.39 is 0 Å². The summed E-state index contributed by atoms with van der Waals surface area (Å²) in [5.74, 6) is -0.216. The molecule has 1 unspecified atom stereocenters. The minimum Gasteiger partial charge on any atom is -0.310 e. The van der Waals surface area contributed by atoms with Gasteiger partial charge in [0.15, 0.2) is 0 Å². The highest BCUT2D eigenvalue weighted by Gasteiger charge is 2.13. The van der Waals surface area contributed by atoms with Gasteiger partial charge < -0.3 is 5.32 Å². The molecule has 1 aromatic carbocycles. The fraction of sp³-hybridized carbons (Fsp3) is 0.400. The van der Waals surface area contributed by atoms with Crippen molar-refractivity contribution in [3.63, 3.8) is 0 Å². The Hall–Kier alpha value is -1.68. The van der Waals surface area contributed by atoms with Gasteiger partial charge in [-0.25, -0.2) is 4.39 Å². The molecule has 0 radical (unpaired) electrons.